The molecule has 0 saturated carbocycles. The first kappa shape index (κ1) is 16.9. The lowest BCUT2D eigenvalue weighted by Crippen LogP contribution is -2.49. The molecule has 1 unspecified atom stereocenters. The van der Waals surface area contributed by atoms with E-state index in [1.165, 1.54) is 0 Å². The highest BCUT2D eigenvalue weighted by Crippen LogP contribution is 2.13. The summed E-state index contributed by atoms with van der Waals surface area (Å²) in [6.07, 6.45) is 0.555. The van der Waals surface area contributed by atoms with Crippen molar-refractivity contribution in [1.29, 1.82) is 0 Å². The van der Waals surface area contributed by atoms with Gasteiger partial charge in [0.05, 0.1) is 0 Å². The molecule has 0 fully saturated rings. The van der Waals surface area contributed by atoms with Crippen LogP contribution in [0.1, 0.15) is 41.0 Å². The minimum absolute atomic E-state index is 0.0620. The number of aliphatic hydroxyl groups is 1. The summed E-state index contributed by atoms with van der Waals surface area (Å²) in [4.78, 5) is 25.5. The van der Waals surface area contributed by atoms with E-state index in [1.54, 1.807) is 11.8 Å². The predicted octanol–water partition coefficient (Wildman–Crippen LogP) is 0.768. The Morgan fingerprint density at radius 3 is 2.28 bits per heavy atom. The topological polar surface area (TPSA) is 69.6 Å². The summed E-state index contributed by atoms with van der Waals surface area (Å²) >= 11 is 0. The Morgan fingerprint density at radius 2 is 1.89 bits per heavy atom. The maximum atomic E-state index is 12.1. The average molecular weight is 258 g/mol. The lowest BCUT2D eigenvalue weighted by atomic mass is 9.95. The molecule has 0 aliphatic carbocycles. The Labute approximate surface area is 110 Å². The van der Waals surface area contributed by atoms with Gasteiger partial charge in [-0.15, -0.1) is 0 Å². The maximum Gasteiger partial charge on any atom is 0.244 e. The molecule has 2 N–H and O–H groups in total. The normalized spacial score (nSPS) is 13.0. The zero-order valence-corrected chi connectivity index (χ0v) is 12.1. The molecule has 18 heavy (non-hydrogen) atoms. The molecular weight excluding hydrogens is 232 g/mol. The second-order valence-corrected chi connectivity index (χ2v) is 5.44. The molecule has 1 atom stereocenters. The zero-order valence-electron chi connectivity index (χ0n) is 12.1. The fourth-order valence-corrected chi connectivity index (χ4v) is 1.43. The highest BCUT2D eigenvalue weighted by Gasteiger charge is 2.26. The fourth-order valence-electron chi connectivity index (χ4n) is 1.43. The van der Waals surface area contributed by atoms with E-state index in [1.807, 2.05) is 27.7 Å². The number of nitrogens with zero attached hydrogens (tertiary/aromatic N) is 1. The van der Waals surface area contributed by atoms with Crippen molar-refractivity contribution in [3.05, 3.63) is 0 Å². The van der Waals surface area contributed by atoms with Gasteiger partial charge in [-0.3, -0.25) is 9.59 Å². The molecule has 106 valence electrons. The zero-order chi connectivity index (χ0) is 14.3. The van der Waals surface area contributed by atoms with E-state index in [2.05, 4.69) is 5.32 Å². The van der Waals surface area contributed by atoms with Crippen molar-refractivity contribution in [2.45, 2.75) is 47.1 Å². The summed E-state index contributed by atoms with van der Waals surface area (Å²) in [7, 11) is 0. The van der Waals surface area contributed by atoms with Crippen molar-refractivity contribution < 1.29 is 14.7 Å². The largest absolute Gasteiger partial charge is 0.396 e. The smallest absolute Gasteiger partial charge is 0.244 e. The first-order chi connectivity index (χ1) is 8.23. The van der Waals surface area contributed by atoms with Crippen LogP contribution in [0.3, 0.4) is 0 Å². The van der Waals surface area contributed by atoms with Gasteiger partial charge in [0.1, 0.15) is 6.04 Å². The number of aliphatic hydroxyl groups excluding tert-OH is 1. The van der Waals surface area contributed by atoms with Gasteiger partial charge in [-0.2, -0.15) is 0 Å². The molecule has 0 heterocycles. The van der Waals surface area contributed by atoms with E-state index in [-0.39, 0.29) is 18.4 Å². The number of carbonyl (C=O) groups is 2. The highest BCUT2D eigenvalue weighted by atomic mass is 16.3. The van der Waals surface area contributed by atoms with Crippen LogP contribution in [-0.4, -0.2) is 47.6 Å². The SMILES string of the molecule is CCN(CCCO)C(=O)C(C)NC(=O)C(C)(C)C. The molecule has 0 spiro atoms. The number of nitrogens with one attached hydrogen (secondary N) is 1. The third-order valence-electron chi connectivity index (χ3n) is 2.68. The van der Waals surface area contributed by atoms with Crippen LogP contribution >= 0.6 is 0 Å². The van der Waals surface area contributed by atoms with Crippen LogP contribution in [-0.2, 0) is 9.59 Å². The van der Waals surface area contributed by atoms with Gasteiger partial charge < -0.3 is 15.3 Å². The van der Waals surface area contributed by atoms with Crippen molar-refractivity contribution in [1.82, 2.24) is 10.2 Å². The van der Waals surface area contributed by atoms with Crippen LogP contribution in [0.25, 0.3) is 0 Å². The van der Waals surface area contributed by atoms with Crippen LogP contribution < -0.4 is 5.32 Å². The minimum Gasteiger partial charge on any atom is -0.396 e. The maximum absolute atomic E-state index is 12.1. The monoisotopic (exact) mass is 258 g/mol. The van der Waals surface area contributed by atoms with Crippen LogP contribution in [0.2, 0.25) is 0 Å². The minimum atomic E-state index is -0.532. The van der Waals surface area contributed by atoms with E-state index >= 15 is 0 Å². The first-order valence-corrected chi connectivity index (χ1v) is 6.44. The summed E-state index contributed by atoms with van der Waals surface area (Å²) in [5.74, 6) is -0.245. The lowest BCUT2D eigenvalue weighted by Gasteiger charge is -2.27. The third kappa shape index (κ3) is 5.49. The van der Waals surface area contributed by atoms with Crippen molar-refractivity contribution in [2.24, 2.45) is 5.41 Å². The van der Waals surface area contributed by atoms with Gasteiger partial charge >= 0.3 is 0 Å². The Morgan fingerprint density at radius 1 is 1.33 bits per heavy atom. The van der Waals surface area contributed by atoms with E-state index in [0.717, 1.165) is 0 Å². The second-order valence-electron chi connectivity index (χ2n) is 5.44. The molecule has 0 saturated heterocycles. The quantitative estimate of drug-likeness (QED) is 0.739. The molecular formula is C13H26N2O3. The van der Waals surface area contributed by atoms with E-state index in [4.69, 9.17) is 5.11 Å². The van der Waals surface area contributed by atoms with E-state index in [9.17, 15) is 9.59 Å². The molecule has 0 radical (unpaired) electrons. The molecule has 0 aromatic heterocycles. The number of carbonyl (C=O) groups excluding carboxylic acids is 2. The molecule has 5 nitrogen and oxygen atoms in total. The van der Waals surface area contributed by atoms with Gasteiger partial charge in [0.2, 0.25) is 11.8 Å². The van der Waals surface area contributed by atoms with Crippen LogP contribution in [0.15, 0.2) is 0 Å². The van der Waals surface area contributed by atoms with Crippen molar-refractivity contribution in [3.8, 4) is 0 Å². The second kappa shape index (κ2) is 7.36. The molecule has 0 aromatic carbocycles. The van der Waals surface area contributed by atoms with Gasteiger partial charge in [-0.1, -0.05) is 20.8 Å². The number of rotatable bonds is 6. The number of hydrogen-bond acceptors (Lipinski definition) is 3. The van der Waals surface area contributed by atoms with Gasteiger partial charge in [-0.25, -0.2) is 0 Å². The fraction of sp³-hybridized carbons (Fsp3) is 0.846. The molecule has 0 aliphatic heterocycles. The molecule has 0 aromatic rings. The molecule has 0 aliphatic rings. The average Bonchev–Trinajstić information content (AvgIpc) is 2.28. The van der Waals surface area contributed by atoms with E-state index in [0.29, 0.717) is 19.5 Å². The number of hydrogen-bond donors (Lipinski definition) is 2. The summed E-state index contributed by atoms with van der Waals surface area (Å²) < 4.78 is 0. The molecule has 0 rings (SSSR count). The summed E-state index contributed by atoms with van der Waals surface area (Å²) in [6.45, 7) is 10.2. The summed E-state index contributed by atoms with van der Waals surface area (Å²) in [5.41, 5.74) is -0.503. The number of likely N-dealkylation sites (N-methyl/N-ethyl adjacent to an activating group) is 1. The predicted molar refractivity (Wildman–Crippen MR) is 71.0 cm³/mol. The number of amides is 2. The Hall–Kier alpha value is -1.10. The Bertz CT molecular complexity index is 284. The van der Waals surface area contributed by atoms with Crippen LogP contribution in [0.4, 0.5) is 0 Å². The van der Waals surface area contributed by atoms with Crippen LogP contribution in [0, 0.1) is 5.41 Å². The van der Waals surface area contributed by atoms with Crippen molar-refractivity contribution in [2.75, 3.05) is 19.7 Å². The third-order valence-corrected chi connectivity index (χ3v) is 2.68. The molecule has 2 amide bonds. The van der Waals surface area contributed by atoms with Gasteiger partial charge in [0, 0.05) is 25.1 Å². The van der Waals surface area contributed by atoms with Crippen LogP contribution in [0.5, 0.6) is 0 Å². The Kier molecular flexibility index (Phi) is 6.91. The van der Waals surface area contributed by atoms with Gasteiger partial charge in [-0.05, 0) is 20.3 Å². The summed E-state index contributed by atoms with van der Waals surface area (Å²) in [6, 6.07) is -0.532. The highest BCUT2D eigenvalue weighted by molar-refractivity contribution is 5.89. The van der Waals surface area contributed by atoms with Crippen molar-refractivity contribution in [3.63, 3.8) is 0 Å². The molecule has 0 bridgehead atoms. The van der Waals surface area contributed by atoms with Crippen molar-refractivity contribution >= 4 is 11.8 Å². The first-order valence-electron chi connectivity index (χ1n) is 6.44. The lowest BCUT2D eigenvalue weighted by molar-refractivity contribution is -0.138. The van der Waals surface area contributed by atoms with Gasteiger partial charge in [0.15, 0.2) is 0 Å². The van der Waals surface area contributed by atoms with E-state index < -0.39 is 11.5 Å². The Balaban J connectivity index is 4.44. The standard InChI is InChI=1S/C13H26N2O3/c1-6-15(8-7-9-16)11(17)10(2)14-12(18)13(3,4)5/h10,16H,6-9H2,1-5H3,(H,14,18). The molecule has 5 heteroatoms. The summed E-state index contributed by atoms with van der Waals surface area (Å²) in [5, 5.41) is 11.5. The van der Waals surface area contributed by atoms with Gasteiger partial charge in [0.25, 0.3) is 0 Å².